The molecule has 2 rings (SSSR count). The molecule has 0 aliphatic rings. The van der Waals surface area contributed by atoms with Crippen molar-refractivity contribution in [2.75, 3.05) is 5.32 Å². The molecule has 1 aromatic carbocycles. The lowest BCUT2D eigenvalue weighted by atomic mass is 10.0. The SMILES string of the molecule is NC(=O)Cn1cc(NC(=O)CCc2ccccc2C(N)=O)ccc1=O. The van der Waals surface area contributed by atoms with E-state index >= 15 is 0 Å². The Morgan fingerprint density at radius 3 is 2.44 bits per heavy atom. The molecule has 8 nitrogen and oxygen atoms in total. The third-order valence-corrected chi connectivity index (χ3v) is 3.50. The number of carbonyl (C=O) groups is 3. The Hall–Kier alpha value is -3.42. The van der Waals surface area contributed by atoms with Gasteiger partial charge in [-0.15, -0.1) is 0 Å². The quantitative estimate of drug-likeness (QED) is 0.652. The smallest absolute Gasteiger partial charge is 0.251 e. The predicted octanol–water partition coefficient (Wildman–Crippen LogP) is 0.00380. The van der Waals surface area contributed by atoms with Gasteiger partial charge in [0.05, 0.1) is 5.69 Å². The number of hydrogen-bond acceptors (Lipinski definition) is 4. The molecule has 25 heavy (non-hydrogen) atoms. The summed E-state index contributed by atoms with van der Waals surface area (Å²) in [4.78, 5) is 46.0. The Bertz CT molecular complexity index is 873. The zero-order chi connectivity index (χ0) is 18.4. The third-order valence-electron chi connectivity index (χ3n) is 3.50. The van der Waals surface area contributed by atoms with Crippen LogP contribution >= 0.6 is 0 Å². The maximum atomic E-state index is 12.1. The molecule has 5 N–H and O–H groups in total. The van der Waals surface area contributed by atoms with Crippen LogP contribution in [0.5, 0.6) is 0 Å². The van der Waals surface area contributed by atoms with Crippen molar-refractivity contribution < 1.29 is 14.4 Å². The molecule has 0 fully saturated rings. The zero-order valence-electron chi connectivity index (χ0n) is 13.4. The summed E-state index contributed by atoms with van der Waals surface area (Å²) in [5.74, 6) is -1.51. The summed E-state index contributed by atoms with van der Waals surface area (Å²) in [5, 5.41) is 2.63. The lowest BCUT2D eigenvalue weighted by molar-refractivity contribution is -0.118. The van der Waals surface area contributed by atoms with Gasteiger partial charge < -0.3 is 21.4 Å². The van der Waals surface area contributed by atoms with Crippen LogP contribution in [0.2, 0.25) is 0 Å². The Morgan fingerprint density at radius 2 is 1.76 bits per heavy atom. The second kappa shape index (κ2) is 7.91. The number of nitrogens with two attached hydrogens (primary N) is 2. The van der Waals surface area contributed by atoms with Crippen molar-refractivity contribution in [2.45, 2.75) is 19.4 Å². The van der Waals surface area contributed by atoms with Crippen molar-refractivity contribution in [1.82, 2.24) is 4.57 Å². The Morgan fingerprint density at radius 1 is 1.04 bits per heavy atom. The van der Waals surface area contributed by atoms with E-state index in [1.807, 2.05) is 0 Å². The fourth-order valence-corrected chi connectivity index (χ4v) is 2.35. The van der Waals surface area contributed by atoms with E-state index < -0.39 is 17.4 Å². The molecule has 1 aromatic heterocycles. The van der Waals surface area contributed by atoms with Crippen LogP contribution in [0.4, 0.5) is 5.69 Å². The van der Waals surface area contributed by atoms with E-state index in [0.717, 1.165) is 4.57 Å². The number of nitrogens with zero attached hydrogens (tertiary/aromatic N) is 1. The number of aryl methyl sites for hydroxylation is 1. The first-order chi connectivity index (χ1) is 11.9. The first-order valence-electron chi connectivity index (χ1n) is 7.53. The fraction of sp³-hybridized carbons (Fsp3) is 0.176. The molecule has 0 bridgehead atoms. The topological polar surface area (TPSA) is 137 Å². The van der Waals surface area contributed by atoms with Gasteiger partial charge in [-0.25, -0.2) is 0 Å². The monoisotopic (exact) mass is 342 g/mol. The van der Waals surface area contributed by atoms with E-state index in [1.165, 1.54) is 18.3 Å². The molecule has 130 valence electrons. The molecule has 2 aromatic rings. The molecule has 0 radical (unpaired) electrons. The summed E-state index contributed by atoms with van der Waals surface area (Å²) >= 11 is 0. The number of rotatable bonds is 7. The van der Waals surface area contributed by atoms with Crippen molar-refractivity contribution >= 4 is 23.4 Å². The van der Waals surface area contributed by atoms with E-state index in [4.69, 9.17) is 11.5 Å². The first kappa shape index (κ1) is 17.9. The van der Waals surface area contributed by atoms with Gasteiger partial charge in [0.25, 0.3) is 5.56 Å². The van der Waals surface area contributed by atoms with Crippen LogP contribution in [-0.2, 0) is 22.6 Å². The van der Waals surface area contributed by atoms with Crippen molar-refractivity contribution in [1.29, 1.82) is 0 Å². The van der Waals surface area contributed by atoms with E-state index in [9.17, 15) is 19.2 Å². The lowest BCUT2D eigenvalue weighted by Gasteiger charge is -2.09. The largest absolute Gasteiger partial charge is 0.368 e. The number of benzene rings is 1. The Kier molecular flexibility index (Phi) is 5.67. The van der Waals surface area contributed by atoms with Gasteiger partial charge >= 0.3 is 0 Å². The van der Waals surface area contributed by atoms with Gasteiger partial charge in [0.2, 0.25) is 17.7 Å². The molecular weight excluding hydrogens is 324 g/mol. The summed E-state index contributed by atoms with van der Waals surface area (Å²) in [5.41, 5.74) is 11.4. The Labute approximate surface area is 143 Å². The number of amides is 3. The van der Waals surface area contributed by atoms with Crippen molar-refractivity contribution in [3.8, 4) is 0 Å². The lowest BCUT2D eigenvalue weighted by Crippen LogP contribution is -2.27. The standard InChI is InChI=1S/C17H18N4O4/c18-14(22)10-21-9-12(6-8-16(21)24)20-15(23)7-5-11-3-1-2-4-13(11)17(19)25/h1-4,6,8-9H,5,7,10H2,(H2,18,22)(H2,19,25)(H,20,23). The number of primary amides is 2. The van der Waals surface area contributed by atoms with E-state index in [1.54, 1.807) is 24.3 Å². The van der Waals surface area contributed by atoms with Crippen LogP contribution < -0.4 is 22.3 Å². The second-order valence-electron chi connectivity index (χ2n) is 5.42. The fourth-order valence-electron chi connectivity index (χ4n) is 2.35. The molecule has 0 saturated heterocycles. The Balaban J connectivity index is 2.03. The van der Waals surface area contributed by atoms with Gasteiger partial charge in [-0.1, -0.05) is 18.2 Å². The maximum absolute atomic E-state index is 12.1. The summed E-state index contributed by atoms with van der Waals surface area (Å²) in [7, 11) is 0. The average Bonchev–Trinajstić information content (AvgIpc) is 2.55. The van der Waals surface area contributed by atoms with Crippen molar-refractivity contribution in [3.63, 3.8) is 0 Å². The second-order valence-corrected chi connectivity index (χ2v) is 5.42. The first-order valence-corrected chi connectivity index (χ1v) is 7.53. The molecule has 0 aliphatic carbocycles. The summed E-state index contributed by atoms with van der Waals surface area (Å²) in [6.45, 7) is -0.269. The number of hydrogen-bond donors (Lipinski definition) is 3. The average molecular weight is 342 g/mol. The van der Waals surface area contributed by atoms with Crippen LogP contribution in [0.15, 0.2) is 47.4 Å². The highest BCUT2D eigenvalue weighted by Gasteiger charge is 2.10. The van der Waals surface area contributed by atoms with Crippen molar-refractivity contribution in [2.24, 2.45) is 11.5 Å². The number of aromatic nitrogens is 1. The highest BCUT2D eigenvalue weighted by atomic mass is 16.2. The minimum atomic E-state index is -0.659. The minimum Gasteiger partial charge on any atom is -0.368 e. The van der Waals surface area contributed by atoms with Gasteiger partial charge in [-0.05, 0) is 24.1 Å². The highest BCUT2D eigenvalue weighted by Crippen LogP contribution is 2.12. The number of carbonyl (C=O) groups excluding carboxylic acids is 3. The zero-order valence-corrected chi connectivity index (χ0v) is 13.4. The summed E-state index contributed by atoms with van der Waals surface area (Å²) in [6, 6.07) is 9.48. The molecule has 0 spiro atoms. The van der Waals surface area contributed by atoms with Crippen molar-refractivity contribution in [3.05, 3.63) is 64.1 Å². The van der Waals surface area contributed by atoms with Crippen LogP contribution in [0.1, 0.15) is 22.3 Å². The predicted molar refractivity (Wildman–Crippen MR) is 91.8 cm³/mol. The van der Waals surface area contributed by atoms with Gasteiger partial charge in [0.15, 0.2) is 0 Å². The molecule has 3 amide bonds. The van der Waals surface area contributed by atoms with Gasteiger partial charge in [0, 0.05) is 24.2 Å². The van der Waals surface area contributed by atoms with Gasteiger partial charge in [-0.3, -0.25) is 19.2 Å². The molecule has 0 saturated carbocycles. The van der Waals surface area contributed by atoms with Crippen LogP contribution in [0.25, 0.3) is 0 Å². The molecule has 8 heteroatoms. The number of nitrogens with one attached hydrogen (secondary N) is 1. The highest BCUT2D eigenvalue weighted by molar-refractivity contribution is 5.95. The third kappa shape index (κ3) is 5.03. The molecule has 0 unspecified atom stereocenters. The number of anilines is 1. The molecule has 0 aliphatic heterocycles. The minimum absolute atomic E-state index is 0.124. The van der Waals surface area contributed by atoms with Gasteiger partial charge in [-0.2, -0.15) is 0 Å². The normalized spacial score (nSPS) is 10.2. The van der Waals surface area contributed by atoms with Crippen LogP contribution in [0, 0.1) is 0 Å². The summed E-state index contributed by atoms with van der Waals surface area (Å²) < 4.78 is 1.11. The summed E-state index contributed by atoms with van der Waals surface area (Å²) in [6.07, 6.45) is 1.81. The van der Waals surface area contributed by atoms with Crippen LogP contribution in [0.3, 0.4) is 0 Å². The van der Waals surface area contributed by atoms with E-state index in [2.05, 4.69) is 5.32 Å². The van der Waals surface area contributed by atoms with E-state index in [-0.39, 0.29) is 18.9 Å². The van der Waals surface area contributed by atoms with Gasteiger partial charge in [0.1, 0.15) is 6.54 Å². The van der Waals surface area contributed by atoms with Crippen LogP contribution in [-0.4, -0.2) is 22.3 Å². The maximum Gasteiger partial charge on any atom is 0.251 e. The van der Waals surface area contributed by atoms with E-state index in [0.29, 0.717) is 23.2 Å². The molecule has 0 atom stereocenters. The molecular formula is C17H18N4O4. The molecule has 1 heterocycles. The number of pyridine rings is 1.